The number of halogens is 1. The number of rotatable bonds is 6. The summed E-state index contributed by atoms with van der Waals surface area (Å²) in [4.78, 5) is 8.36. The Labute approximate surface area is 184 Å². The predicted octanol–water partition coefficient (Wildman–Crippen LogP) is 2.03. The minimum atomic E-state index is -1.89. The summed E-state index contributed by atoms with van der Waals surface area (Å²) in [6.45, 7) is 4.40. The van der Waals surface area contributed by atoms with Gasteiger partial charge in [0.25, 0.3) is 0 Å². The molecule has 1 heterocycles. The van der Waals surface area contributed by atoms with Crippen LogP contribution >= 0.6 is 7.26 Å². The van der Waals surface area contributed by atoms with E-state index in [1.54, 1.807) is 0 Å². The molecule has 0 saturated carbocycles. The molecule has 0 aliphatic rings. The zero-order valence-electron chi connectivity index (χ0n) is 16.8. The van der Waals surface area contributed by atoms with Gasteiger partial charge in [0, 0.05) is 11.9 Å². The van der Waals surface area contributed by atoms with E-state index in [1.807, 2.05) is 6.20 Å². The van der Waals surface area contributed by atoms with Crippen LogP contribution in [0.2, 0.25) is 0 Å². The fraction of sp³-hybridized carbons (Fsp3) is 0.160. The van der Waals surface area contributed by atoms with E-state index in [0.29, 0.717) is 5.92 Å². The van der Waals surface area contributed by atoms with E-state index in [4.69, 9.17) is 4.98 Å². The first-order valence-electron chi connectivity index (χ1n) is 9.79. The second-order valence-corrected chi connectivity index (χ2v) is 10.9. The van der Waals surface area contributed by atoms with Crippen molar-refractivity contribution in [3.8, 4) is 0 Å². The van der Waals surface area contributed by atoms with Gasteiger partial charge in [-0.2, -0.15) is 0 Å². The van der Waals surface area contributed by atoms with Gasteiger partial charge in [0.05, 0.1) is 0 Å². The fourth-order valence-corrected chi connectivity index (χ4v) is 7.84. The lowest BCUT2D eigenvalue weighted by Crippen LogP contribution is -3.00. The monoisotopic (exact) mass is 464 g/mol. The molecule has 0 saturated heterocycles. The van der Waals surface area contributed by atoms with Gasteiger partial charge in [0.15, 0.2) is 0 Å². The SMILES string of the molecule is CC(C)c1cnc(C[P+](c2ccccc2)(c2ccccc2)c2ccccc2)[nH]1.[Br-]. The van der Waals surface area contributed by atoms with Crippen LogP contribution in [0.3, 0.4) is 0 Å². The first-order valence-corrected chi connectivity index (χ1v) is 11.8. The second kappa shape index (κ2) is 9.52. The fourth-order valence-electron chi connectivity index (χ4n) is 3.75. The number of aromatic nitrogens is 2. The third-order valence-electron chi connectivity index (χ3n) is 5.25. The van der Waals surface area contributed by atoms with Crippen molar-refractivity contribution in [1.29, 1.82) is 0 Å². The van der Waals surface area contributed by atoms with Gasteiger partial charge in [0.2, 0.25) is 0 Å². The van der Waals surface area contributed by atoms with E-state index in [2.05, 4.69) is 110 Å². The minimum absolute atomic E-state index is 0. The van der Waals surface area contributed by atoms with Crippen molar-refractivity contribution >= 4 is 23.2 Å². The van der Waals surface area contributed by atoms with Crippen molar-refractivity contribution in [1.82, 2.24) is 9.97 Å². The molecule has 1 aromatic heterocycles. The molecule has 4 rings (SSSR count). The normalized spacial score (nSPS) is 11.3. The zero-order chi connectivity index (χ0) is 19.4. The van der Waals surface area contributed by atoms with Crippen LogP contribution < -0.4 is 32.9 Å². The first kappa shape index (κ1) is 21.5. The quantitative estimate of drug-likeness (QED) is 0.434. The van der Waals surface area contributed by atoms with E-state index in [9.17, 15) is 0 Å². The van der Waals surface area contributed by atoms with E-state index < -0.39 is 7.26 Å². The van der Waals surface area contributed by atoms with Crippen molar-refractivity contribution in [2.75, 3.05) is 0 Å². The predicted molar refractivity (Wildman–Crippen MR) is 122 cm³/mol. The van der Waals surface area contributed by atoms with Crippen LogP contribution in [0, 0.1) is 0 Å². The molecule has 0 spiro atoms. The highest BCUT2D eigenvalue weighted by molar-refractivity contribution is 7.95. The number of benzene rings is 3. The largest absolute Gasteiger partial charge is 1.00 e. The molecule has 0 bridgehead atoms. The van der Waals surface area contributed by atoms with E-state index in [-0.39, 0.29) is 17.0 Å². The summed E-state index contributed by atoms with van der Waals surface area (Å²) in [6.07, 6.45) is 2.88. The summed E-state index contributed by atoms with van der Waals surface area (Å²) in [5, 5.41) is 4.15. The first-order chi connectivity index (χ1) is 13.7. The third kappa shape index (κ3) is 4.37. The number of H-pyrrole nitrogens is 1. The molecule has 1 N–H and O–H groups in total. The molecule has 0 radical (unpaired) electrons. The Hall–Kier alpha value is -2.22. The average Bonchev–Trinajstić information content (AvgIpc) is 3.23. The van der Waals surface area contributed by atoms with Crippen molar-refractivity contribution in [2.45, 2.75) is 25.9 Å². The third-order valence-corrected chi connectivity index (χ3v) is 9.56. The Morgan fingerprint density at radius 3 is 1.48 bits per heavy atom. The summed E-state index contributed by atoms with van der Waals surface area (Å²) in [7, 11) is -1.89. The van der Waals surface area contributed by atoms with Gasteiger partial charge in [-0.15, -0.1) is 0 Å². The molecule has 0 unspecified atom stereocenters. The van der Waals surface area contributed by atoms with Crippen LogP contribution in [0.4, 0.5) is 0 Å². The number of hydrogen-bond donors (Lipinski definition) is 1. The average molecular weight is 465 g/mol. The molecule has 0 fully saturated rings. The van der Waals surface area contributed by atoms with Crippen molar-refractivity contribution < 1.29 is 17.0 Å². The molecule has 3 aromatic carbocycles. The number of imidazole rings is 1. The smallest absolute Gasteiger partial charge is 0.145 e. The highest BCUT2D eigenvalue weighted by atomic mass is 79.9. The van der Waals surface area contributed by atoms with Gasteiger partial charge in [-0.05, 0) is 42.3 Å². The van der Waals surface area contributed by atoms with Gasteiger partial charge in [-0.3, -0.25) is 0 Å². The molecular formula is C25H26BrN2P. The summed E-state index contributed by atoms with van der Waals surface area (Å²) in [6, 6.07) is 32.9. The molecule has 4 aromatic rings. The molecule has 0 aliphatic carbocycles. The molecule has 2 nitrogen and oxygen atoms in total. The standard InChI is InChI=1S/C25H26N2P.BrH/c1-20(2)24-18-26-25(27-24)19-28(21-12-6-3-7-13-21,22-14-8-4-9-15-22)23-16-10-5-11-17-23;/h3-18,20H,19H2,1-2H3,(H,26,27);1H/q+1;/p-1. The number of hydrogen-bond acceptors (Lipinski definition) is 1. The van der Waals surface area contributed by atoms with Gasteiger partial charge in [-0.25, -0.2) is 4.98 Å². The summed E-state index contributed by atoms with van der Waals surface area (Å²) in [5.41, 5.74) is 1.20. The minimum Gasteiger partial charge on any atom is -1.00 e. The van der Waals surface area contributed by atoms with Crippen LogP contribution in [0.25, 0.3) is 0 Å². The summed E-state index contributed by atoms with van der Waals surface area (Å²) < 4.78 is 0. The highest BCUT2D eigenvalue weighted by Gasteiger charge is 2.46. The summed E-state index contributed by atoms with van der Waals surface area (Å²) in [5.74, 6) is 1.51. The Morgan fingerprint density at radius 2 is 1.14 bits per heavy atom. The second-order valence-electron chi connectivity index (χ2n) is 7.41. The van der Waals surface area contributed by atoms with Gasteiger partial charge >= 0.3 is 0 Å². The van der Waals surface area contributed by atoms with E-state index in [1.165, 1.54) is 21.6 Å². The number of aromatic amines is 1. The van der Waals surface area contributed by atoms with Crippen molar-refractivity contribution in [3.05, 3.63) is 109 Å². The van der Waals surface area contributed by atoms with E-state index in [0.717, 1.165) is 12.0 Å². The molecule has 0 aliphatic heterocycles. The Kier molecular flexibility index (Phi) is 7.05. The van der Waals surface area contributed by atoms with Crippen molar-refractivity contribution in [3.63, 3.8) is 0 Å². The van der Waals surface area contributed by atoms with Gasteiger partial charge < -0.3 is 22.0 Å². The maximum absolute atomic E-state index is 4.77. The van der Waals surface area contributed by atoms with Gasteiger partial charge in [-0.1, -0.05) is 68.4 Å². The highest BCUT2D eigenvalue weighted by Crippen LogP contribution is 2.57. The topological polar surface area (TPSA) is 28.7 Å². The lowest BCUT2D eigenvalue weighted by molar-refractivity contribution is -0.00000583. The number of nitrogens with one attached hydrogen (secondary N) is 1. The lowest BCUT2D eigenvalue weighted by atomic mass is 10.2. The lowest BCUT2D eigenvalue weighted by Gasteiger charge is -2.27. The van der Waals surface area contributed by atoms with Crippen LogP contribution in [0.15, 0.2) is 97.2 Å². The van der Waals surface area contributed by atoms with E-state index >= 15 is 0 Å². The van der Waals surface area contributed by atoms with Crippen molar-refractivity contribution in [2.24, 2.45) is 0 Å². The van der Waals surface area contributed by atoms with Gasteiger partial charge in [0.1, 0.15) is 35.2 Å². The zero-order valence-corrected chi connectivity index (χ0v) is 19.3. The van der Waals surface area contributed by atoms with Crippen LogP contribution in [0.5, 0.6) is 0 Å². The summed E-state index contributed by atoms with van der Waals surface area (Å²) >= 11 is 0. The molecule has 0 amide bonds. The molecule has 4 heteroatoms. The Bertz CT molecular complexity index is 918. The Balaban J connectivity index is 0.00000240. The maximum atomic E-state index is 4.77. The van der Waals surface area contributed by atoms with Crippen LogP contribution in [0.1, 0.15) is 31.3 Å². The Morgan fingerprint density at radius 1 is 0.724 bits per heavy atom. The molecular weight excluding hydrogens is 439 g/mol. The molecule has 29 heavy (non-hydrogen) atoms. The van der Waals surface area contributed by atoms with Crippen LogP contribution in [-0.2, 0) is 6.16 Å². The number of nitrogens with zero attached hydrogens (tertiary/aromatic N) is 1. The maximum Gasteiger partial charge on any atom is 0.145 e. The molecule has 148 valence electrons. The van der Waals surface area contributed by atoms with Crippen LogP contribution in [-0.4, -0.2) is 9.97 Å². The molecule has 0 atom stereocenters.